The van der Waals surface area contributed by atoms with E-state index in [2.05, 4.69) is 48.0 Å². The van der Waals surface area contributed by atoms with Gasteiger partial charge in [-0.1, -0.05) is 45.0 Å². The van der Waals surface area contributed by atoms with Crippen LogP contribution < -0.4 is 5.48 Å². The smallest absolute Gasteiger partial charge is 0.267 e. The van der Waals surface area contributed by atoms with Crippen LogP contribution in [0.25, 0.3) is 6.08 Å². The highest BCUT2D eigenvalue weighted by Crippen LogP contribution is 2.16. The van der Waals surface area contributed by atoms with Gasteiger partial charge in [0, 0.05) is 24.9 Å². The van der Waals surface area contributed by atoms with Crippen molar-refractivity contribution in [2.75, 3.05) is 13.1 Å². The third-order valence-electron chi connectivity index (χ3n) is 4.87. The number of hydrogen-bond acceptors (Lipinski definition) is 4. The predicted octanol–water partition coefficient (Wildman–Crippen LogP) is 3.51. The first-order chi connectivity index (χ1) is 13.6. The first kappa shape index (κ1) is 21.9. The number of carbonyl (C=O) groups is 1. The molecular weight excluding hydrogens is 352 g/mol. The maximum atomic E-state index is 11.1. The number of nitrogens with one attached hydrogen (secondary N) is 2. The number of amides is 1. The summed E-state index contributed by atoms with van der Waals surface area (Å²) < 4.78 is 0. The number of hydrogen-bond donors (Lipinski definition) is 3. The second kappa shape index (κ2) is 11.4. The molecular formula is C22H32N4O2. The zero-order valence-corrected chi connectivity index (χ0v) is 17.2. The first-order valence-electron chi connectivity index (χ1n) is 10.1. The molecule has 0 saturated carbocycles. The molecule has 1 heterocycles. The predicted molar refractivity (Wildman–Crippen MR) is 112 cm³/mol. The van der Waals surface area contributed by atoms with Crippen LogP contribution in [0.5, 0.6) is 0 Å². The molecule has 0 fully saturated rings. The molecule has 0 spiro atoms. The van der Waals surface area contributed by atoms with E-state index in [9.17, 15) is 4.79 Å². The summed E-state index contributed by atoms with van der Waals surface area (Å²) in [5, 5.41) is 16.2. The molecule has 3 N–H and O–H groups in total. The third-order valence-corrected chi connectivity index (χ3v) is 4.87. The highest BCUT2D eigenvalue weighted by Gasteiger charge is 2.13. The van der Waals surface area contributed by atoms with Crippen molar-refractivity contribution < 1.29 is 10.0 Å². The monoisotopic (exact) mass is 384 g/mol. The van der Waals surface area contributed by atoms with Gasteiger partial charge in [-0.05, 0) is 55.0 Å². The Hall–Kier alpha value is -2.44. The van der Waals surface area contributed by atoms with E-state index in [1.54, 1.807) is 11.6 Å². The van der Waals surface area contributed by atoms with Crippen molar-refractivity contribution in [1.82, 2.24) is 20.6 Å². The number of rotatable bonds is 11. The van der Waals surface area contributed by atoms with E-state index in [0.717, 1.165) is 50.9 Å². The van der Waals surface area contributed by atoms with Crippen LogP contribution in [0, 0.1) is 0 Å². The summed E-state index contributed by atoms with van der Waals surface area (Å²) in [4.78, 5) is 13.6. The molecule has 0 radical (unpaired) electrons. The number of benzene rings is 1. The highest BCUT2D eigenvalue weighted by atomic mass is 16.5. The Bertz CT molecular complexity index is 744. The Kier molecular flexibility index (Phi) is 8.91. The fourth-order valence-electron chi connectivity index (χ4n) is 3.38. The molecule has 2 aromatic rings. The molecule has 1 aromatic carbocycles. The van der Waals surface area contributed by atoms with Gasteiger partial charge in [-0.15, -0.1) is 0 Å². The minimum atomic E-state index is -0.532. The van der Waals surface area contributed by atoms with Gasteiger partial charge in [0.15, 0.2) is 0 Å². The van der Waals surface area contributed by atoms with Gasteiger partial charge in [0.2, 0.25) is 0 Å². The quantitative estimate of drug-likeness (QED) is 0.315. The maximum absolute atomic E-state index is 11.1. The van der Waals surface area contributed by atoms with Crippen LogP contribution in [0.2, 0.25) is 0 Å². The van der Waals surface area contributed by atoms with E-state index in [-0.39, 0.29) is 0 Å². The highest BCUT2D eigenvalue weighted by molar-refractivity contribution is 5.90. The molecule has 0 bridgehead atoms. The van der Waals surface area contributed by atoms with Crippen LogP contribution in [0.1, 0.15) is 55.3 Å². The van der Waals surface area contributed by atoms with E-state index < -0.39 is 5.91 Å². The maximum Gasteiger partial charge on any atom is 0.267 e. The van der Waals surface area contributed by atoms with E-state index in [1.807, 2.05) is 12.1 Å². The van der Waals surface area contributed by atoms with Crippen molar-refractivity contribution in [1.29, 1.82) is 0 Å². The Labute approximate surface area is 167 Å². The minimum Gasteiger partial charge on any atom is -0.299 e. The second-order valence-electron chi connectivity index (χ2n) is 6.91. The van der Waals surface area contributed by atoms with Gasteiger partial charge in [0.25, 0.3) is 5.91 Å². The molecule has 0 aliphatic rings. The van der Waals surface area contributed by atoms with Gasteiger partial charge in [-0.3, -0.25) is 20.0 Å². The number of aromatic nitrogens is 2. The molecule has 0 atom stereocenters. The number of hydroxylamine groups is 1. The summed E-state index contributed by atoms with van der Waals surface area (Å²) in [5.41, 5.74) is 7.59. The van der Waals surface area contributed by atoms with Crippen molar-refractivity contribution in [3.63, 3.8) is 0 Å². The summed E-state index contributed by atoms with van der Waals surface area (Å²) in [6.45, 7) is 9.49. The summed E-state index contributed by atoms with van der Waals surface area (Å²) in [6.07, 6.45) is 7.06. The van der Waals surface area contributed by atoms with Gasteiger partial charge in [-0.2, -0.15) is 5.10 Å². The van der Waals surface area contributed by atoms with Crippen LogP contribution in [0.15, 0.2) is 30.3 Å². The Morgan fingerprint density at radius 1 is 1.18 bits per heavy atom. The molecule has 0 saturated heterocycles. The summed E-state index contributed by atoms with van der Waals surface area (Å²) in [7, 11) is 0. The average Bonchev–Trinajstić information content (AvgIpc) is 3.13. The van der Waals surface area contributed by atoms with Gasteiger partial charge in [-0.25, -0.2) is 5.48 Å². The van der Waals surface area contributed by atoms with E-state index in [1.165, 1.54) is 28.6 Å². The number of carbonyl (C=O) groups excluding carboxylic acids is 1. The first-order valence-corrected chi connectivity index (χ1v) is 10.1. The van der Waals surface area contributed by atoms with E-state index >= 15 is 0 Å². The number of aromatic amines is 1. The lowest BCUT2D eigenvalue weighted by Gasteiger charge is -2.22. The van der Waals surface area contributed by atoms with Crippen molar-refractivity contribution in [3.8, 4) is 0 Å². The molecule has 0 aliphatic carbocycles. The van der Waals surface area contributed by atoms with Crippen LogP contribution in [0.3, 0.4) is 0 Å². The van der Waals surface area contributed by atoms with Crippen molar-refractivity contribution in [3.05, 3.63) is 58.4 Å². The normalized spacial score (nSPS) is 11.5. The number of nitrogens with zero attached hydrogens (tertiary/aromatic N) is 2. The van der Waals surface area contributed by atoms with Crippen molar-refractivity contribution >= 4 is 12.0 Å². The molecule has 2 rings (SSSR count). The zero-order chi connectivity index (χ0) is 20.4. The van der Waals surface area contributed by atoms with Gasteiger partial charge in [0.05, 0.1) is 5.69 Å². The van der Waals surface area contributed by atoms with E-state index in [0.29, 0.717) is 0 Å². The molecule has 1 aromatic heterocycles. The number of H-pyrrole nitrogens is 1. The summed E-state index contributed by atoms with van der Waals surface area (Å²) in [6, 6.07) is 8.15. The topological polar surface area (TPSA) is 81.2 Å². The Morgan fingerprint density at radius 2 is 1.93 bits per heavy atom. The summed E-state index contributed by atoms with van der Waals surface area (Å²) >= 11 is 0. The molecule has 1 amide bonds. The van der Waals surface area contributed by atoms with Crippen LogP contribution in [0.4, 0.5) is 0 Å². The molecule has 28 heavy (non-hydrogen) atoms. The zero-order valence-electron chi connectivity index (χ0n) is 17.2. The third kappa shape index (κ3) is 6.32. The van der Waals surface area contributed by atoms with Gasteiger partial charge < -0.3 is 0 Å². The van der Waals surface area contributed by atoms with Crippen LogP contribution in [-0.2, 0) is 30.6 Å². The van der Waals surface area contributed by atoms with Crippen LogP contribution >= 0.6 is 0 Å². The Morgan fingerprint density at radius 3 is 2.54 bits per heavy atom. The van der Waals surface area contributed by atoms with Crippen molar-refractivity contribution in [2.24, 2.45) is 0 Å². The average molecular weight is 385 g/mol. The van der Waals surface area contributed by atoms with Gasteiger partial charge in [0.1, 0.15) is 0 Å². The SMILES string of the molecule is CCCN(CCc1c(CC)n[nH]c1CC)Cc1ccc(/C=C/C(=O)NO)cc1. The number of aryl methyl sites for hydroxylation is 2. The lowest BCUT2D eigenvalue weighted by molar-refractivity contribution is -0.124. The molecule has 0 unspecified atom stereocenters. The lowest BCUT2D eigenvalue weighted by Crippen LogP contribution is -2.27. The fraction of sp³-hybridized carbons (Fsp3) is 0.455. The standard InChI is InChI=1S/C22H32N4O2/c1-4-14-26(15-13-19-20(5-2)23-24-21(19)6-3)16-18-9-7-17(8-10-18)11-12-22(27)25-28/h7-12,28H,4-6,13-16H2,1-3H3,(H,23,24)(H,25,27)/b12-11+. The minimum absolute atomic E-state index is 0.532. The van der Waals surface area contributed by atoms with Gasteiger partial charge >= 0.3 is 0 Å². The molecule has 6 nitrogen and oxygen atoms in total. The Balaban J connectivity index is 2.00. The molecule has 152 valence electrons. The second-order valence-corrected chi connectivity index (χ2v) is 6.91. The van der Waals surface area contributed by atoms with Crippen molar-refractivity contribution in [2.45, 2.75) is 53.0 Å². The lowest BCUT2D eigenvalue weighted by atomic mass is 10.1. The van der Waals surface area contributed by atoms with E-state index in [4.69, 9.17) is 5.21 Å². The fourth-order valence-corrected chi connectivity index (χ4v) is 3.38. The molecule has 6 heteroatoms. The largest absolute Gasteiger partial charge is 0.299 e. The van der Waals surface area contributed by atoms with Crippen LogP contribution in [-0.4, -0.2) is 39.3 Å². The summed E-state index contributed by atoms with van der Waals surface area (Å²) in [5.74, 6) is -0.532. The molecule has 0 aliphatic heterocycles.